The van der Waals surface area contributed by atoms with Crippen LogP contribution < -0.4 is 9.64 Å². The number of hydrogen-bond donors (Lipinski definition) is 0. The largest absolute Gasteiger partial charge is 0.447 e. The van der Waals surface area contributed by atoms with Crippen molar-refractivity contribution in [1.82, 2.24) is 15.2 Å². The zero-order chi connectivity index (χ0) is 21.8. The normalized spacial score (nSPS) is 14.9. The Morgan fingerprint density at radius 2 is 1.87 bits per heavy atom. The molecule has 0 saturated heterocycles. The minimum Gasteiger partial charge on any atom is -0.447 e. The Morgan fingerprint density at radius 3 is 2.58 bits per heavy atom. The molecule has 0 bridgehead atoms. The van der Waals surface area contributed by atoms with E-state index < -0.39 is 6.23 Å². The minimum atomic E-state index is -0.643. The van der Waals surface area contributed by atoms with Gasteiger partial charge >= 0.3 is 0 Å². The van der Waals surface area contributed by atoms with Crippen LogP contribution in [0.3, 0.4) is 0 Å². The van der Waals surface area contributed by atoms with Crippen LogP contribution in [0.5, 0.6) is 5.88 Å². The Morgan fingerprint density at radius 1 is 1.10 bits per heavy atom. The predicted octanol–water partition coefficient (Wildman–Crippen LogP) is 5.44. The van der Waals surface area contributed by atoms with Crippen LogP contribution in [0.25, 0.3) is 11.3 Å². The van der Waals surface area contributed by atoms with Crippen LogP contribution in [-0.4, -0.2) is 26.8 Å². The molecule has 3 aromatic rings. The number of unbranched alkanes of at least 4 members (excludes halogenated alkanes) is 1. The van der Waals surface area contributed by atoms with Crippen LogP contribution >= 0.6 is 11.8 Å². The average molecular weight is 435 g/mol. The van der Waals surface area contributed by atoms with E-state index in [1.54, 1.807) is 23.6 Å². The number of carbonyl (C=O) groups excluding carboxylic acids is 1. The molecule has 0 saturated carbocycles. The van der Waals surface area contributed by atoms with Gasteiger partial charge < -0.3 is 4.74 Å². The van der Waals surface area contributed by atoms with E-state index in [9.17, 15) is 4.79 Å². The quantitative estimate of drug-likeness (QED) is 0.380. The monoisotopic (exact) mass is 434 g/mol. The molecular weight excluding hydrogens is 408 g/mol. The maximum Gasteiger partial charge on any atom is 0.247 e. The molecule has 0 spiro atoms. The highest BCUT2D eigenvalue weighted by molar-refractivity contribution is 7.99. The van der Waals surface area contributed by atoms with Gasteiger partial charge in [0.1, 0.15) is 0 Å². The fourth-order valence-corrected chi connectivity index (χ4v) is 4.42. The van der Waals surface area contributed by atoms with Gasteiger partial charge in [-0.15, -0.1) is 10.2 Å². The van der Waals surface area contributed by atoms with Crippen LogP contribution in [0.1, 0.15) is 51.0 Å². The Bertz CT molecular complexity index is 1070. The molecule has 1 aliphatic rings. The number of rotatable bonds is 6. The van der Waals surface area contributed by atoms with Gasteiger partial charge in [-0.3, -0.25) is 9.69 Å². The predicted molar refractivity (Wildman–Crippen MR) is 123 cm³/mol. The Labute approximate surface area is 187 Å². The first kappa shape index (κ1) is 21.3. The number of fused-ring (bicyclic) bond motifs is 3. The van der Waals surface area contributed by atoms with Crippen molar-refractivity contribution >= 4 is 23.4 Å². The zero-order valence-corrected chi connectivity index (χ0v) is 18.9. The van der Waals surface area contributed by atoms with Gasteiger partial charge in [-0.25, -0.2) is 0 Å². The van der Waals surface area contributed by atoms with Crippen LogP contribution in [0, 0.1) is 0 Å². The summed E-state index contributed by atoms with van der Waals surface area (Å²) in [7, 11) is 0. The summed E-state index contributed by atoms with van der Waals surface area (Å²) in [5.74, 6) is 1.21. The maximum absolute atomic E-state index is 12.8. The number of thioether (sulfide) groups is 1. The fourth-order valence-electron chi connectivity index (χ4n) is 3.56. The summed E-state index contributed by atoms with van der Waals surface area (Å²) in [6.45, 7) is 5.82. The number of amides is 1. The molecule has 0 aliphatic carbocycles. The molecule has 4 rings (SSSR count). The highest BCUT2D eigenvalue weighted by Gasteiger charge is 2.34. The number of nitrogens with zero attached hydrogens (tertiary/aromatic N) is 4. The van der Waals surface area contributed by atoms with Crippen molar-refractivity contribution in [2.24, 2.45) is 0 Å². The third kappa shape index (κ3) is 4.42. The van der Waals surface area contributed by atoms with E-state index >= 15 is 0 Å². The molecule has 31 heavy (non-hydrogen) atoms. The Kier molecular flexibility index (Phi) is 6.51. The molecule has 0 unspecified atom stereocenters. The van der Waals surface area contributed by atoms with Crippen molar-refractivity contribution in [2.75, 3.05) is 10.7 Å². The van der Waals surface area contributed by atoms with Crippen molar-refractivity contribution in [2.45, 2.75) is 51.4 Å². The summed E-state index contributed by atoms with van der Waals surface area (Å²) >= 11 is 1.57. The van der Waals surface area contributed by atoms with Crippen molar-refractivity contribution in [3.63, 3.8) is 0 Å². The van der Waals surface area contributed by atoms with Gasteiger partial charge in [0, 0.05) is 23.8 Å². The lowest BCUT2D eigenvalue weighted by atomic mass is 10.1. The lowest BCUT2D eigenvalue weighted by Crippen LogP contribution is -2.36. The van der Waals surface area contributed by atoms with Crippen molar-refractivity contribution in [1.29, 1.82) is 0 Å². The number of carbonyl (C=O) groups is 1. The van der Waals surface area contributed by atoms with Crippen LogP contribution in [0.15, 0.2) is 53.7 Å². The van der Waals surface area contributed by atoms with E-state index in [0.29, 0.717) is 16.7 Å². The number of benzene rings is 2. The number of ether oxygens (including phenoxy) is 1. The SMILES string of the molecule is CCCCSc1nnc2c(n1)O[C@H](c1ccc(CC)cc1)N(C(C)=O)c1ccccc1-2. The lowest BCUT2D eigenvalue weighted by Gasteiger charge is -2.30. The van der Waals surface area contributed by atoms with Gasteiger partial charge in [0.05, 0.1) is 5.69 Å². The second kappa shape index (κ2) is 9.47. The number of hydrogen-bond acceptors (Lipinski definition) is 6. The first-order valence-corrected chi connectivity index (χ1v) is 11.6. The van der Waals surface area contributed by atoms with Gasteiger partial charge in [0.2, 0.25) is 23.2 Å². The van der Waals surface area contributed by atoms with Crippen molar-refractivity contribution in [3.8, 4) is 17.1 Å². The van der Waals surface area contributed by atoms with Gasteiger partial charge in [-0.05, 0) is 24.5 Å². The summed E-state index contributed by atoms with van der Waals surface area (Å²) in [6, 6.07) is 15.8. The van der Waals surface area contributed by atoms with E-state index in [1.165, 1.54) is 5.56 Å². The Hall–Kier alpha value is -2.93. The molecule has 6 nitrogen and oxygen atoms in total. The Balaban J connectivity index is 1.83. The van der Waals surface area contributed by atoms with Crippen LogP contribution in [0.2, 0.25) is 0 Å². The molecule has 0 N–H and O–H groups in total. The van der Waals surface area contributed by atoms with Gasteiger partial charge in [0.25, 0.3) is 0 Å². The standard InChI is InChI=1S/C24H26N4O2S/c1-4-6-15-31-24-25-22-21(26-27-24)19-9-7-8-10-20(19)28(16(3)29)23(30-22)18-13-11-17(5-2)12-14-18/h7-14,23H,4-6,15H2,1-3H3/t23-/m1/s1. The first-order valence-electron chi connectivity index (χ1n) is 10.6. The minimum absolute atomic E-state index is 0.115. The van der Waals surface area contributed by atoms with Crippen LogP contribution in [0.4, 0.5) is 5.69 Å². The third-order valence-electron chi connectivity index (χ3n) is 5.25. The van der Waals surface area contributed by atoms with E-state index in [4.69, 9.17) is 4.74 Å². The molecule has 1 aromatic heterocycles. The molecule has 160 valence electrons. The van der Waals surface area contributed by atoms with Crippen molar-refractivity contribution in [3.05, 3.63) is 59.7 Å². The second-order valence-corrected chi connectivity index (χ2v) is 8.48. The molecular formula is C24H26N4O2S. The van der Waals surface area contributed by atoms with Gasteiger partial charge in [-0.1, -0.05) is 74.5 Å². The van der Waals surface area contributed by atoms with E-state index in [-0.39, 0.29) is 5.91 Å². The molecule has 0 fully saturated rings. The third-order valence-corrected chi connectivity index (χ3v) is 6.18. The number of aromatic nitrogens is 3. The number of para-hydroxylation sites is 1. The van der Waals surface area contributed by atoms with Gasteiger partial charge in [-0.2, -0.15) is 4.98 Å². The van der Waals surface area contributed by atoms with Crippen molar-refractivity contribution < 1.29 is 9.53 Å². The topological polar surface area (TPSA) is 68.2 Å². The molecule has 7 heteroatoms. The van der Waals surface area contributed by atoms with E-state index in [2.05, 4.69) is 41.2 Å². The fraction of sp³-hybridized carbons (Fsp3) is 0.333. The van der Waals surface area contributed by atoms with Crippen LogP contribution in [-0.2, 0) is 11.2 Å². The highest BCUT2D eigenvalue weighted by Crippen LogP contribution is 2.43. The average Bonchev–Trinajstić information content (AvgIpc) is 2.93. The summed E-state index contributed by atoms with van der Waals surface area (Å²) in [6.07, 6.45) is 2.50. The summed E-state index contributed by atoms with van der Waals surface area (Å²) < 4.78 is 6.40. The lowest BCUT2D eigenvalue weighted by molar-refractivity contribution is -0.118. The summed E-state index contributed by atoms with van der Waals surface area (Å²) in [5, 5.41) is 9.35. The summed E-state index contributed by atoms with van der Waals surface area (Å²) in [5.41, 5.74) is 4.18. The maximum atomic E-state index is 12.8. The van der Waals surface area contributed by atoms with E-state index in [0.717, 1.165) is 41.8 Å². The second-order valence-electron chi connectivity index (χ2n) is 7.42. The molecule has 1 aliphatic heterocycles. The number of aryl methyl sites for hydroxylation is 1. The molecule has 2 heterocycles. The molecule has 2 aromatic carbocycles. The molecule has 1 atom stereocenters. The highest BCUT2D eigenvalue weighted by atomic mass is 32.2. The zero-order valence-electron chi connectivity index (χ0n) is 18.0. The first-order chi connectivity index (χ1) is 15.1. The smallest absolute Gasteiger partial charge is 0.247 e. The van der Waals surface area contributed by atoms with Gasteiger partial charge in [0.15, 0.2) is 5.69 Å². The molecule has 0 radical (unpaired) electrons. The van der Waals surface area contributed by atoms with E-state index in [1.807, 2.05) is 36.4 Å². The number of anilines is 1. The summed E-state index contributed by atoms with van der Waals surface area (Å²) in [4.78, 5) is 19.1. The molecule has 1 amide bonds.